The Morgan fingerprint density at radius 2 is 1.95 bits per heavy atom. The van der Waals surface area contributed by atoms with Gasteiger partial charge in [0.1, 0.15) is 0 Å². The summed E-state index contributed by atoms with van der Waals surface area (Å²) in [5.41, 5.74) is 6.57. The van der Waals surface area contributed by atoms with Gasteiger partial charge in [0.15, 0.2) is 0 Å². The van der Waals surface area contributed by atoms with Gasteiger partial charge >= 0.3 is 0 Å². The number of benzene rings is 2. The van der Waals surface area contributed by atoms with Crippen LogP contribution in [0.1, 0.15) is 36.6 Å². The molecule has 3 heteroatoms. The van der Waals surface area contributed by atoms with Crippen molar-refractivity contribution < 1.29 is 4.79 Å². The molecule has 1 aliphatic heterocycles. The molecule has 1 amide bonds. The smallest absolute Gasteiger partial charge is 0.217 e. The van der Waals surface area contributed by atoms with E-state index in [9.17, 15) is 4.79 Å². The molecule has 0 aliphatic carbocycles. The Hall–Kier alpha value is -2.13. The zero-order valence-corrected chi connectivity index (χ0v) is 13.1. The molecule has 0 bridgehead atoms. The van der Waals surface area contributed by atoms with Crippen molar-refractivity contribution in [2.24, 2.45) is 0 Å². The second-order valence-corrected chi connectivity index (χ2v) is 5.91. The molecule has 2 N–H and O–H groups in total. The first kappa shape index (κ1) is 14.8. The fourth-order valence-electron chi connectivity index (χ4n) is 3.14. The van der Waals surface area contributed by atoms with Gasteiger partial charge in [-0.15, -0.1) is 0 Å². The molecule has 2 aromatic rings. The van der Waals surface area contributed by atoms with Crippen molar-refractivity contribution in [3.05, 3.63) is 59.2 Å². The molecule has 3 nitrogen and oxygen atoms in total. The van der Waals surface area contributed by atoms with Crippen molar-refractivity contribution in [3.63, 3.8) is 0 Å². The number of hydrogen-bond acceptors (Lipinski definition) is 2. The maximum absolute atomic E-state index is 11.2. The van der Waals surface area contributed by atoms with E-state index in [1.807, 2.05) is 6.92 Å². The minimum Gasteiger partial charge on any atom is -0.350 e. The molecule has 2 aromatic carbocycles. The predicted molar refractivity (Wildman–Crippen MR) is 89.5 cm³/mol. The number of rotatable bonds is 3. The molecule has 1 heterocycles. The third-order valence-corrected chi connectivity index (χ3v) is 4.28. The summed E-state index contributed by atoms with van der Waals surface area (Å²) in [7, 11) is 0. The lowest BCUT2D eigenvalue weighted by atomic mass is 9.91. The largest absolute Gasteiger partial charge is 0.350 e. The van der Waals surface area contributed by atoms with Gasteiger partial charge in [-0.1, -0.05) is 42.5 Å². The summed E-state index contributed by atoms with van der Waals surface area (Å²) in [5, 5.41) is 6.34. The lowest BCUT2D eigenvalue weighted by Gasteiger charge is -2.21. The van der Waals surface area contributed by atoms with Gasteiger partial charge in [-0.3, -0.25) is 4.79 Å². The van der Waals surface area contributed by atoms with Crippen LogP contribution in [-0.2, 0) is 17.8 Å². The molecular weight excluding hydrogens is 272 g/mol. The molecule has 3 rings (SSSR count). The van der Waals surface area contributed by atoms with E-state index in [2.05, 4.69) is 53.1 Å². The second-order valence-electron chi connectivity index (χ2n) is 5.91. The third-order valence-electron chi connectivity index (χ3n) is 4.28. The fraction of sp³-hybridized carbons (Fsp3) is 0.316. The van der Waals surface area contributed by atoms with Crippen LogP contribution in [0.25, 0.3) is 11.1 Å². The molecule has 0 spiro atoms. The van der Waals surface area contributed by atoms with Crippen LogP contribution in [0, 0.1) is 0 Å². The Morgan fingerprint density at radius 1 is 1.18 bits per heavy atom. The highest BCUT2D eigenvalue weighted by Gasteiger charge is 2.14. The van der Waals surface area contributed by atoms with Crippen molar-refractivity contribution >= 4 is 5.91 Å². The quantitative estimate of drug-likeness (QED) is 0.913. The van der Waals surface area contributed by atoms with Crippen LogP contribution < -0.4 is 10.6 Å². The van der Waals surface area contributed by atoms with Gasteiger partial charge in [0, 0.05) is 13.5 Å². The first-order chi connectivity index (χ1) is 10.6. The minimum atomic E-state index is 0.00112. The number of nitrogens with one attached hydrogen (secondary N) is 2. The van der Waals surface area contributed by atoms with E-state index >= 15 is 0 Å². The van der Waals surface area contributed by atoms with Gasteiger partial charge < -0.3 is 10.6 Å². The topological polar surface area (TPSA) is 41.1 Å². The van der Waals surface area contributed by atoms with Crippen molar-refractivity contribution in [2.75, 3.05) is 6.54 Å². The second kappa shape index (κ2) is 6.32. The van der Waals surface area contributed by atoms with Gasteiger partial charge in [-0.25, -0.2) is 0 Å². The van der Waals surface area contributed by atoms with Crippen LogP contribution in [-0.4, -0.2) is 12.5 Å². The van der Waals surface area contributed by atoms with Crippen LogP contribution in [0.5, 0.6) is 0 Å². The van der Waals surface area contributed by atoms with Crippen molar-refractivity contribution in [1.82, 2.24) is 10.6 Å². The Bertz CT molecular complexity index is 676. The van der Waals surface area contributed by atoms with Crippen LogP contribution >= 0.6 is 0 Å². The van der Waals surface area contributed by atoms with Gasteiger partial charge in [-0.2, -0.15) is 0 Å². The summed E-state index contributed by atoms with van der Waals surface area (Å²) < 4.78 is 0. The van der Waals surface area contributed by atoms with Crippen molar-refractivity contribution in [3.8, 4) is 11.1 Å². The molecule has 0 saturated heterocycles. The summed E-state index contributed by atoms with van der Waals surface area (Å²) in [4.78, 5) is 11.2. The molecule has 22 heavy (non-hydrogen) atoms. The summed E-state index contributed by atoms with van der Waals surface area (Å²) in [6.07, 6.45) is 1.08. The van der Waals surface area contributed by atoms with Gasteiger partial charge in [0.05, 0.1) is 6.04 Å². The highest BCUT2D eigenvalue weighted by Crippen LogP contribution is 2.29. The molecule has 0 aromatic heterocycles. The molecule has 1 aliphatic rings. The Kier molecular flexibility index (Phi) is 4.25. The molecule has 0 fully saturated rings. The average molecular weight is 294 g/mol. The molecule has 0 saturated carbocycles. The number of amides is 1. The molecular formula is C19H22N2O. The van der Waals surface area contributed by atoms with Crippen LogP contribution in [0.3, 0.4) is 0 Å². The molecule has 1 atom stereocenters. The predicted octanol–water partition coefficient (Wildman–Crippen LogP) is 3.20. The molecule has 1 unspecified atom stereocenters. The van der Waals surface area contributed by atoms with E-state index in [0.717, 1.165) is 25.1 Å². The van der Waals surface area contributed by atoms with E-state index in [0.29, 0.717) is 0 Å². The highest BCUT2D eigenvalue weighted by molar-refractivity contribution is 5.73. The number of fused-ring (bicyclic) bond motifs is 1. The number of carbonyl (C=O) groups is 1. The van der Waals surface area contributed by atoms with Gasteiger partial charge in [0.2, 0.25) is 5.91 Å². The Balaban J connectivity index is 1.89. The summed E-state index contributed by atoms with van der Waals surface area (Å²) in [6.45, 7) is 5.56. The van der Waals surface area contributed by atoms with Crippen LogP contribution in [0.2, 0.25) is 0 Å². The SMILES string of the molecule is CC(=O)NC(C)c1ccc(-c2cccc3c2CCNC3)cc1. The lowest BCUT2D eigenvalue weighted by molar-refractivity contribution is -0.119. The Morgan fingerprint density at radius 3 is 2.68 bits per heavy atom. The van der Waals surface area contributed by atoms with Gasteiger partial charge in [-0.05, 0) is 47.7 Å². The van der Waals surface area contributed by atoms with E-state index in [1.54, 1.807) is 6.92 Å². The average Bonchev–Trinajstić information content (AvgIpc) is 2.54. The minimum absolute atomic E-state index is 0.00112. The maximum atomic E-state index is 11.2. The lowest BCUT2D eigenvalue weighted by Crippen LogP contribution is -2.24. The van der Waals surface area contributed by atoms with E-state index in [4.69, 9.17) is 0 Å². The van der Waals surface area contributed by atoms with E-state index < -0.39 is 0 Å². The summed E-state index contributed by atoms with van der Waals surface area (Å²) in [5.74, 6) is 0.00112. The van der Waals surface area contributed by atoms with Crippen molar-refractivity contribution in [1.29, 1.82) is 0 Å². The Labute approximate surface area is 131 Å². The van der Waals surface area contributed by atoms with Gasteiger partial charge in [0.25, 0.3) is 0 Å². The maximum Gasteiger partial charge on any atom is 0.217 e. The third kappa shape index (κ3) is 3.04. The number of hydrogen-bond donors (Lipinski definition) is 2. The van der Waals surface area contributed by atoms with E-state index in [1.165, 1.54) is 22.3 Å². The molecule has 0 radical (unpaired) electrons. The standard InChI is InChI=1S/C19H22N2O/c1-13(21-14(2)22)15-6-8-16(9-7-15)18-5-3-4-17-12-20-11-10-19(17)18/h3-9,13,20H,10-12H2,1-2H3,(H,21,22). The summed E-state index contributed by atoms with van der Waals surface area (Å²) in [6, 6.07) is 15.1. The normalized spacial score (nSPS) is 15.0. The zero-order valence-electron chi connectivity index (χ0n) is 13.1. The van der Waals surface area contributed by atoms with Crippen LogP contribution in [0.4, 0.5) is 0 Å². The summed E-state index contributed by atoms with van der Waals surface area (Å²) >= 11 is 0. The first-order valence-electron chi connectivity index (χ1n) is 7.84. The first-order valence-corrected chi connectivity index (χ1v) is 7.84. The monoisotopic (exact) mass is 294 g/mol. The van der Waals surface area contributed by atoms with E-state index in [-0.39, 0.29) is 11.9 Å². The van der Waals surface area contributed by atoms with Crippen molar-refractivity contribution in [2.45, 2.75) is 32.9 Å². The van der Waals surface area contributed by atoms with Crippen LogP contribution in [0.15, 0.2) is 42.5 Å². The zero-order chi connectivity index (χ0) is 15.5. The highest BCUT2D eigenvalue weighted by atomic mass is 16.1. The molecule has 114 valence electrons. The number of carbonyl (C=O) groups excluding carboxylic acids is 1. The fourth-order valence-corrected chi connectivity index (χ4v) is 3.14.